The maximum Gasteiger partial charge on any atom is 0.260 e. The number of hydrogen-bond donors (Lipinski definition) is 1. The number of hydrogen-bond acceptors (Lipinski definition) is 4. The topological polar surface area (TPSA) is 59.8 Å². The highest BCUT2D eigenvalue weighted by Crippen LogP contribution is 2.19. The van der Waals surface area contributed by atoms with Gasteiger partial charge in [0.05, 0.1) is 28.8 Å². The van der Waals surface area contributed by atoms with E-state index < -0.39 is 0 Å². The minimum atomic E-state index is -0.173. The molecule has 1 N–H and O–H groups in total. The molecule has 22 heavy (non-hydrogen) atoms. The van der Waals surface area contributed by atoms with E-state index in [1.54, 1.807) is 6.20 Å². The van der Waals surface area contributed by atoms with Crippen molar-refractivity contribution in [1.82, 2.24) is 14.8 Å². The lowest BCUT2D eigenvalue weighted by Gasteiger charge is -2.07. The highest BCUT2D eigenvalue weighted by molar-refractivity contribution is 7.13. The smallest absolute Gasteiger partial charge is 0.260 e. The number of nitrogens with zero attached hydrogens (tertiary/aromatic N) is 3. The predicted molar refractivity (Wildman–Crippen MR) is 87.7 cm³/mol. The van der Waals surface area contributed by atoms with E-state index in [0.29, 0.717) is 17.1 Å². The van der Waals surface area contributed by atoms with Crippen LogP contribution in [0, 0.1) is 6.92 Å². The predicted octanol–water partition coefficient (Wildman–Crippen LogP) is 3.45. The largest absolute Gasteiger partial charge is 0.298 e. The number of thiazole rings is 1. The fourth-order valence-corrected chi connectivity index (χ4v) is 2.95. The number of anilines is 1. The van der Waals surface area contributed by atoms with Crippen molar-refractivity contribution in [2.24, 2.45) is 0 Å². The molecule has 0 bridgehead atoms. The number of nitrogens with one attached hydrogen (secondary N) is 1. The number of benzene rings is 1. The van der Waals surface area contributed by atoms with Gasteiger partial charge < -0.3 is 0 Å². The number of aryl methyl sites for hydroxylation is 1. The van der Waals surface area contributed by atoms with Crippen LogP contribution in [0.5, 0.6) is 0 Å². The molecular formula is C16H16N4OS. The molecule has 112 valence electrons. The van der Waals surface area contributed by atoms with Crippen LogP contribution in [-0.4, -0.2) is 20.7 Å². The third-order valence-electron chi connectivity index (χ3n) is 3.29. The van der Waals surface area contributed by atoms with Crippen molar-refractivity contribution in [1.29, 1.82) is 0 Å². The Morgan fingerprint density at radius 3 is 2.73 bits per heavy atom. The number of aromatic nitrogens is 3. The Bertz CT molecular complexity index is 792. The van der Waals surface area contributed by atoms with Crippen LogP contribution in [0.2, 0.25) is 0 Å². The maximum absolute atomic E-state index is 12.4. The molecular weight excluding hydrogens is 296 g/mol. The van der Waals surface area contributed by atoms with Crippen LogP contribution in [0.4, 0.5) is 5.13 Å². The molecule has 0 atom stereocenters. The molecule has 0 spiro atoms. The minimum Gasteiger partial charge on any atom is -0.298 e. The molecule has 0 saturated carbocycles. The molecule has 2 heterocycles. The van der Waals surface area contributed by atoms with Gasteiger partial charge in [-0.05, 0) is 25.5 Å². The highest BCUT2D eigenvalue weighted by atomic mass is 32.1. The summed E-state index contributed by atoms with van der Waals surface area (Å²) in [5.41, 5.74) is 3.32. The van der Waals surface area contributed by atoms with Crippen molar-refractivity contribution in [2.75, 3.05) is 5.32 Å². The summed E-state index contributed by atoms with van der Waals surface area (Å²) in [6.07, 6.45) is 2.33. The zero-order valence-corrected chi connectivity index (χ0v) is 13.2. The third-order valence-corrected chi connectivity index (χ3v) is 4.16. The molecule has 0 aliphatic rings. The number of carbonyl (C=O) groups excluding carboxylic acids is 1. The first-order chi connectivity index (χ1) is 10.7. The second-order valence-corrected chi connectivity index (χ2v) is 5.71. The van der Waals surface area contributed by atoms with Crippen molar-refractivity contribution in [3.05, 3.63) is 58.9 Å². The van der Waals surface area contributed by atoms with Gasteiger partial charge in [0, 0.05) is 5.38 Å². The average Bonchev–Trinajstić information content (AvgIpc) is 3.14. The van der Waals surface area contributed by atoms with Crippen LogP contribution in [-0.2, 0) is 6.42 Å². The number of rotatable bonds is 4. The van der Waals surface area contributed by atoms with E-state index >= 15 is 0 Å². The van der Waals surface area contributed by atoms with Gasteiger partial charge in [-0.1, -0.05) is 25.1 Å². The van der Waals surface area contributed by atoms with Crippen LogP contribution in [0.25, 0.3) is 5.69 Å². The Morgan fingerprint density at radius 1 is 1.32 bits per heavy atom. The fraction of sp³-hybridized carbons (Fsp3) is 0.188. The quantitative estimate of drug-likeness (QED) is 0.802. The summed E-state index contributed by atoms with van der Waals surface area (Å²) in [4.78, 5) is 16.7. The van der Waals surface area contributed by atoms with Gasteiger partial charge in [0.25, 0.3) is 5.91 Å². The van der Waals surface area contributed by atoms with Gasteiger partial charge in [-0.3, -0.25) is 10.1 Å². The summed E-state index contributed by atoms with van der Waals surface area (Å²) >= 11 is 1.42. The second kappa shape index (κ2) is 6.11. The Balaban J connectivity index is 1.91. The molecule has 0 radical (unpaired) electrons. The lowest BCUT2D eigenvalue weighted by Crippen LogP contribution is -2.14. The molecule has 0 saturated heterocycles. The van der Waals surface area contributed by atoms with Crippen molar-refractivity contribution in [3.63, 3.8) is 0 Å². The van der Waals surface area contributed by atoms with Crippen LogP contribution in [0.15, 0.2) is 41.9 Å². The van der Waals surface area contributed by atoms with Crippen molar-refractivity contribution in [3.8, 4) is 5.69 Å². The van der Waals surface area contributed by atoms with Gasteiger partial charge in [0.1, 0.15) is 0 Å². The molecule has 2 aromatic heterocycles. The summed E-state index contributed by atoms with van der Waals surface area (Å²) in [5.74, 6) is -0.173. The summed E-state index contributed by atoms with van der Waals surface area (Å²) in [7, 11) is 0. The highest BCUT2D eigenvalue weighted by Gasteiger charge is 2.18. The van der Waals surface area contributed by atoms with Crippen LogP contribution >= 0.6 is 11.3 Å². The normalized spacial score (nSPS) is 10.6. The van der Waals surface area contributed by atoms with E-state index in [2.05, 4.69) is 15.4 Å². The van der Waals surface area contributed by atoms with E-state index in [4.69, 9.17) is 0 Å². The number of para-hydroxylation sites is 1. The number of carbonyl (C=O) groups is 1. The summed E-state index contributed by atoms with van der Waals surface area (Å²) in [5, 5.41) is 9.71. The van der Waals surface area contributed by atoms with Crippen molar-refractivity contribution in [2.45, 2.75) is 20.3 Å². The van der Waals surface area contributed by atoms with Gasteiger partial charge in [-0.25, -0.2) is 9.67 Å². The van der Waals surface area contributed by atoms with Gasteiger partial charge in [-0.15, -0.1) is 11.3 Å². The van der Waals surface area contributed by atoms with Gasteiger partial charge in [0.2, 0.25) is 0 Å². The van der Waals surface area contributed by atoms with Gasteiger partial charge >= 0.3 is 0 Å². The summed E-state index contributed by atoms with van der Waals surface area (Å²) in [6, 6.07) is 9.80. The van der Waals surface area contributed by atoms with Crippen LogP contribution in [0.3, 0.4) is 0 Å². The summed E-state index contributed by atoms with van der Waals surface area (Å²) < 4.78 is 1.81. The molecule has 1 aromatic carbocycles. The lowest BCUT2D eigenvalue weighted by atomic mass is 10.2. The van der Waals surface area contributed by atoms with E-state index in [9.17, 15) is 4.79 Å². The first-order valence-corrected chi connectivity index (χ1v) is 7.92. The summed E-state index contributed by atoms with van der Waals surface area (Å²) in [6.45, 7) is 3.91. The van der Waals surface area contributed by atoms with E-state index in [0.717, 1.165) is 17.1 Å². The Hall–Kier alpha value is -2.47. The first-order valence-electron chi connectivity index (χ1n) is 7.05. The first kappa shape index (κ1) is 14.5. The van der Waals surface area contributed by atoms with Crippen molar-refractivity contribution >= 4 is 22.4 Å². The second-order valence-electron chi connectivity index (χ2n) is 4.85. The minimum absolute atomic E-state index is 0.173. The monoisotopic (exact) mass is 312 g/mol. The Morgan fingerprint density at radius 2 is 2.09 bits per heavy atom. The SMILES string of the molecule is CCc1c(C(=O)Nc2nc(C)cs2)cnn1-c1ccccc1. The van der Waals surface area contributed by atoms with Crippen LogP contribution < -0.4 is 5.32 Å². The maximum atomic E-state index is 12.4. The van der Waals surface area contributed by atoms with E-state index in [1.807, 2.05) is 54.2 Å². The zero-order chi connectivity index (χ0) is 15.5. The fourth-order valence-electron chi connectivity index (χ4n) is 2.27. The standard InChI is InChI=1S/C16H16N4OS/c1-3-14-13(15(21)19-16-18-11(2)10-22-16)9-17-20(14)12-7-5-4-6-8-12/h4-10H,3H2,1-2H3,(H,18,19,21). The third kappa shape index (κ3) is 2.78. The molecule has 6 heteroatoms. The zero-order valence-electron chi connectivity index (χ0n) is 12.4. The Labute approximate surface area is 132 Å². The average molecular weight is 312 g/mol. The molecule has 5 nitrogen and oxygen atoms in total. The lowest BCUT2D eigenvalue weighted by molar-refractivity contribution is 0.102. The molecule has 1 amide bonds. The van der Waals surface area contributed by atoms with Crippen LogP contribution in [0.1, 0.15) is 28.7 Å². The van der Waals surface area contributed by atoms with Gasteiger partial charge in [0.15, 0.2) is 5.13 Å². The van der Waals surface area contributed by atoms with Crippen molar-refractivity contribution < 1.29 is 4.79 Å². The molecule has 0 unspecified atom stereocenters. The molecule has 0 fully saturated rings. The van der Waals surface area contributed by atoms with E-state index in [1.165, 1.54) is 11.3 Å². The van der Waals surface area contributed by atoms with Gasteiger partial charge in [-0.2, -0.15) is 5.10 Å². The Kier molecular flexibility index (Phi) is 4.02. The molecule has 0 aliphatic heterocycles. The van der Waals surface area contributed by atoms with E-state index in [-0.39, 0.29) is 5.91 Å². The molecule has 3 rings (SSSR count). The molecule has 3 aromatic rings. The molecule has 0 aliphatic carbocycles. The number of amides is 1.